The van der Waals surface area contributed by atoms with Gasteiger partial charge in [-0.2, -0.15) is 0 Å². The number of amides is 1. The van der Waals surface area contributed by atoms with Crippen molar-refractivity contribution >= 4 is 17.3 Å². The summed E-state index contributed by atoms with van der Waals surface area (Å²) in [6.07, 6.45) is 0. The fraction of sp³-hybridized carbons (Fsp3) is 0.350. The number of hydrogen-bond donors (Lipinski definition) is 1. The lowest BCUT2D eigenvalue weighted by Crippen LogP contribution is -2.30. The summed E-state index contributed by atoms with van der Waals surface area (Å²) in [7, 11) is 1.85. The standard InChI is InChI=1S/C20H25N3O3/c1-14(2)17-10-8-16(9-11-17)12-22(4)13-19(24)21-20-15(3)6-5-7-18(20)23(25)26/h5-11,14H,12-13H2,1-4H3,(H,21,24). The van der Waals surface area contributed by atoms with Crippen molar-refractivity contribution in [3.63, 3.8) is 0 Å². The highest BCUT2D eigenvalue weighted by molar-refractivity contribution is 5.95. The Morgan fingerprint density at radius 3 is 2.42 bits per heavy atom. The Morgan fingerprint density at radius 2 is 1.85 bits per heavy atom. The summed E-state index contributed by atoms with van der Waals surface area (Å²) in [5, 5.41) is 13.8. The van der Waals surface area contributed by atoms with Crippen molar-refractivity contribution in [1.29, 1.82) is 0 Å². The minimum absolute atomic E-state index is 0.0923. The van der Waals surface area contributed by atoms with Crippen molar-refractivity contribution in [3.8, 4) is 0 Å². The van der Waals surface area contributed by atoms with Crippen molar-refractivity contribution < 1.29 is 9.72 Å². The second-order valence-corrected chi connectivity index (χ2v) is 6.84. The minimum Gasteiger partial charge on any atom is -0.319 e. The summed E-state index contributed by atoms with van der Waals surface area (Å²) in [6, 6.07) is 13.1. The van der Waals surface area contributed by atoms with E-state index < -0.39 is 4.92 Å². The molecule has 0 fully saturated rings. The maximum absolute atomic E-state index is 12.3. The Hall–Kier alpha value is -2.73. The van der Waals surface area contributed by atoms with Gasteiger partial charge in [-0.25, -0.2) is 0 Å². The summed E-state index contributed by atoms with van der Waals surface area (Å²) in [6.45, 7) is 6.81. The Kier molecular flexibility index (Phi) is 6.46. The Balaban J connectivity index is 1.98. The number of hydrogen-bond acceptors (Lipinski definition) is 4. The molecule has 0 spiro atoms. The number of benzene rings is 2. The van der Waals surface area contributed by atoms with Crippen molar-refractivity contribution in [1.82, 2.24) is 4.90 Å². The van der Waals surface area contributed by atoms with E-state index in [4.69, 9.17) is 0 Å². The molecule has 0 aliphatic heterocycles. The monoisotopic (exact) mass is 355 g/mol. The smallest absolute Gasteiger partial charge is 0.293 e. The molecule has 0 saturated heterocycles. The lowest BCUT2D eigenvalue weighted by molar-refractivity contribution is -0.384. The first-order valence-electron chi connectivity index (χ1n) is 8.59. The number of likely N-dealkylation sites (N-methyl/N-ethyl adjacent to an activating group) is 1. The molecule has 2 aromatic carbocycles. The third-order valence-corrected chi connectivity index (χ3v) is 4.22. The number of carbonyl (C=O) groups is 1. The van der Waals surface area contributed by atoms with Gasteiger partial charge in [0.25, 0.3) is 5.69 Å². The molecule has 138 valence electrons. The number of nitrogens with one attached hydrogen (secondary N) is 1. The lowest BCUT2D eigenvalue weighted by Gasteiger charge is -2.17. The van der Waals surface area contributed by atoms with Gasteiger partial charge in [-0.15, -0.1) is 0 Å². The van der Waals surface area contributed by atoms with Crippen LogP contribution in [-0.2, 0) is 11.3 Å². The van der Waals surface area contributed by atoms with Gasteiger partial charge in [0.1, 0.15) is 5.69 Å². The van der Waals surface area contributed by atoms with Crippen LogP contribution in [0.1, 0.15) is 36.5 Å². The van der Waals surface area contributed by atoms with Crippen LogP contribution in [0.2, 0.25) is 0 Å². The van der Waals surface area contributed by atoms with E-state index in [0.717, 1.165) is 5.56 Å². The number of para-hydroxylation sites is 1. The molecule has 0 aromatic heterocycles. The summed E-state index contributed by atoms with van der Waals surface area (Å²) in [5.74, 6) is 0.209. The van der Waals surface area contributed by atoms with Crippen molar-refractivity contribution in [2.24, 2.45) is 0 Å². The van der Waals surface area contributed by atoms with Gasteiger partial charge in [-0.1, -0.05) is 50.2 Å². The van der Waals surface area contributed by atoms with Gasteiger partial charge in [0.05, 0.1) is 11.5 Å². The Labute approximate surface area is 154 Å². The zero-order valence-electron chi connectivity index (χ0n) is 15.7. The van der Waals surface area contributed by atoms with Gasteiger partial charge in [-0.3, -0.25) is 19.8 Å². The molecule has 26 heavy (non-hydrogen) atoms. The number of rotatable bonds is 7. The van der Waals surface area contributed by atoms with Crippen molar-refractivity contribution in [3.05, 3.63) is 69.3 Å². The van der Waals surface area contributed by atoms with E-state index in [1.54, 1.807) is 19.1 Å². The highest BCUT2D eigenvalue weighted by Gasteiger charge is 2.18. The molecule has 0 unspecified atom stereocenters. The van der Waals surface area contributed by atoms with Crippen LogP contribution in [0.25, 0.3) is 0 Å². The number of carbonyl (C=O) groups excluding carboxylic acids is 1. The van der Waals surface area contributed by atoms with E-state index in [9.17, 15) is 14.9 Å². The molecule has 1 N–H and O–H groups in total. The Bertz CT molecular complexity index is 785. The van der Waals surface area contributed by atoms with Crippen LogP contribution in [0.3, 0.4) is 0 Å². The van der Waals surface area contributed by atoms with Crippen LogP contribution in [0.5, 0.6) is 0 Å². The largest absolute Gasteiger partial charge is 0.319 e. The third kappa shape index (κ3) is 5.13. The molecule has 2 aromatic rings. The third-order valence-electron chi connectivity index (χ3n) is 4.22. The topological polar surface area (TPSA) is 75.5 Å². The zero-order valence-corrected chi connectivity index (χ0v) is 15.7. The molecule has 6 heteroatoms. The van der Waals surface area contributed by atoms with E-state index in [2.05, 4.69) is 43.4 Å². The molecule has 6 nitrogen and oxygen atoms in total. The van der Waals surface area contributed by atoms with Gasteiger partial charge in [0, 0.05) is 12.6 Å². The summed E-state index contributed by atoms with van der Waals surface area (Å²) >= 11 is 0. The normalized spacial score (nSPS) is 11.0. The molecule has 2 rings (SSSR count). The number of nitrogens with zero attached hydrogens (tertiary/aromatic N) is 2. The fourth-order valence-electron chi connectivity index (χ4n) is 2.77. The highest BCUT2D eigenvalue weighted by Crippen LogP contribution is 2.27. The first-order valence-corrected chi connectivity index (χ1v) is 8.59. The molecule has 0 heterocycles. The molecule has 0 atom stereocenters. The fourth-order valence-corrected chi connectivity index (χ4v) is 2.77. The average molecular weight is 355 g/mol. The molecule has 1 amide bonds. The average Bonchev–Trinajstić information content (AvgIpc) is 2.56. The van der Waals surface area contributed by atoms with E-state index >= 15 is 0 Å². The van der Waals surface area contributed by atoms with Gasteiger partial charge in [0.2, 0.25) is 5.91 Å². The van der Waals surface area contributed by atoms with Gasteiger partial charge >= 0.3 is 0 Å². The molecule has 0 saturated carbocycles. The predicted molar refractivity (Wildman–Crippen MR) is 103 cm³/mol. The summed E-state index contributed by atoms with van der Waals surface area (Å²) in [4.78, 5) is 24.8. The van der Waals surface area contributed by atoms with Crippen LogP contribution < -0.4 is 5.32 Å². The molecule has 0 bridgehead atoms. The van der Waals surface area contributed by atoms with Gasteiger partial charge < -0.3 is 5.32 Å². The maximum Gasteiger partial charge on any atom is 0.293 e. The first kappa shape index (κ1) is 19.6. The number of nitro benzene ring substituents is 1. The minimum atomic E-state index is -0.484. The Morgan fingerprint density at radius 1 is 1.19 bits per heavy atom. The second-order valence-electron chi connectivity index (χ2n) is 6.84. The van der Waals surface area contributed by atoms with E-state index in [-0.39, 0.29) is 23.8 Å². The van der Waals surface area contributed by atoms with Crippen molar-refractivity contribution in [2.45, 2.75) is 33.2 Å². The van der Waals surface area contributed by atoms with E-state index in [0.29, 0.717) is 18.0 Å². The zero-order chi connectivity index (χ0) is 19.3. The maximum atomic E-state index is 12.3. The quantitative estimate of drug-likeness (QED) is 0.599. The summed E-state index contributed by atoms with van der Waals surface area (Å²) in [5.41, 5.74) is 3.23. The molecule has 0 aliphatic carbocycles. The predicted octanol–water partition coefficient (Wildman–Crippen LogP) is 4.10. The van der Waals surface area contributed by atoms with Crippen LogP contribution in [0.4, 0.5) is 11.4 Å². The highest BCUT2D eigenvalue weighted by atomic mass is 16.6. The van der Waals surface area contributed by atoms with Crippen LogP contribution in [0, 0.1) is 17.0 Å². The van der Waals surface area contributed by atoms with Crippen molar-refractivity contribution in [2.75, 3.05) is 18.9 Å². The number of anilines is 1. The molecule has 0 aliphatic rings. The van der Waals surface area contributed by atoms with E-state index in [1.165, 1.54) is 11.6 Å². The molecular weight excluding hydrogens is 330 g/mol. The summed E-state index contributed by atoms with van der Waals surface area (Å²) < 4.78 is 0. The number of aryl methyl sites for hydroxylation is 1. The molecule has 0 radical (unpaired) electrons. The molecular formula is C20H25N3O3. The first-order chi connectivity index (χ1) is 12.3. The van der Waals surface area contributed by atoms with Gasteiger partial charge in [-0.05, 0) is 36.6 Å². The second kappa shape index (κ2) is 8.58. The van der Waals surface area contributed by atoms with Crippen LogP contribution in [0.15, 0.2) is 42.5 Å². The SMILES string of the molecule is Cc1cccc([N+](=O)[O-])c1NC(=O)CN(C)Cc1ccc(C(C)C)cc1. The number of nitro groups is 1. The lowest BCUT2D eigenvalue weighted by atomic mass is 10.0. The van der Waals surface area contributed by atoms with Crippen LogP contribution >= 0.6 is 0 Å². The van der Waals surface area contributed by atoms with E-state index in [1.807, 2.05) is 11.9 Å². The van der Waals surface area contributed by atoms with Gasteiger partial charge in [0.15, 0.2) is 0 Å². The van der Waals surface area contributed by atoms with Crippen LogP contribution in [-0.4, -0.2) is 29.3 Å².